The number of rotatable bonds is 7. The van der Waals surface area contributed by atoms with Crippen LogP contribution in [0.2, 0.25) is 0 Å². The molecule has 2 aromatic carbocycles. The van der Waals surface area contributed by atoms with Crippen LogP contribution in [0.1, 0.15) is 18.0 Å². The van der Waals surface area contributed by atoms with Crippen molar-refractivity contribution >= 4 is 15.9 Å². The molecule has 2 unspecified atom stereocenters. The lowest BCUT2D eigenvalue weighted by atomic mass is 10.0. The van der Waals surface area contributed by atoms with Crippen molar-refractivity contribution in [1.82, 2.24) is 20.1 Å². The Kier molecular flexibility index (Phi) is 7.27. The van der Waals surface area contributed by atoms with Gasteiger partial charge in [-0.15, -0.1) is 0 Å². The van der Waals surface area contributed by atoms with E-state index in [4.69, 9.17) is 14.2 Å². The number of methoxy groups -OCH3 is 3. The second-order valence-corrected chi connectivity index (χ2v) is 10.1. The van der Waals surface area contributed by atoms with Crippen LogP contribution in [-0.2, 0) is 14.8 Å². The Balaban J connectivity index is 1.36. The van der Waals surface area contributed by atoms with Gasteiger partial charge in [-0.2, -0.15) is 4.31 Å². The molecule has 2 saturated heterocycles. The molecule has 2 heterocycles. The van der Waals surface area contributed by atoms with Crippen LogP contribution in [0.15, 0.2) is 47.4 Å². The highest BCUT2D eigenvalue weighted by Crippen LogP contribution is 2.31. The number of carbonyl (C=O) groups is 1. The van der Waals surface area contributed by atoms with Crippen LogP contribution >= 0.6 is 0 Å². The number of amides is 1. The number of benzene rings is 2. The van der Waals surface area contributed by atoms with Gasteiger partial charge in [0.2, 0.25) is 15.9 Å². The standard InChI is InChI=1S/C23H30N4O6S/c1-31-17-6-4-5-16(13-17)19-15-20(25-24-19)23(28)26-9-11-27(12-10-26)34(29,30)18-7-8-21(32-2)22(14-18)33-3/h4-8,13-14,19-20,24-25H,9-12,15H2,1-3H3. The molecule has 0 aromatic heterocycles. The summed E-state index contributed by atoms with van der Waals surface area (Å²) >= 11 is 0. The van der Waals surface area contributed by atoms with Crippen molar-refractivity contribution in [2.75, 3.05) is 47.5 Å². The predicted molar refractivity (Wildman–Crippen MR) is 125 cm³/mol. The van der Waals surface area contributed by atoms with Gasteiger partial charge in [0.25, 0.3) is 0 Å². The summed E-state index contributed by atoms with van der Waals surface area (Å²) in [5.74, 6) is 1.53. The summed E-state index contributed by atoms with van der Waals surface area (Å²) in [6.07, 6.45) is 0.593. The smallest absolute Gasteiger partial charge is 0.243 e. The number of sulfonamides is 1. The summed E-state index contributed by atoms with van der Waals surface area (Å²) in [6.45, 7) is 1.10. The van der Waals surface area contributed by atoms with Crippen LogP contribution in [0.4, 0.5) is 0 Å². The van der Waals surface area contributed by atoms with Crippen molar-refractivity contribution in [1.29, 1.82) is 0 Å². The van der Waals surface area contributed by atoms with Gasteiger partial charge >= 0.3 is 0 Å². The van der Waals surface area contributed by atoms with Crippen molar-refractivity contribution < 1.29 is 27.4 Å². The fourth-order valence-corrected chi connectivity index (χ4v) is 5.73. The normalized spacial score (nSPS) is 21.3. The molecule has 2 N–H and O–H groups in total. The third-order valence-electron chi connectivity index (χ3n) is 6.24. The number of ether oxygens (including phenoxy) is 3. The highest BCUT2D eigenvalue weighted by Gasteiger charge is 2.36. The Morgan fingerprint density at radius 3 is 2.32 bits per heavy atom. The molecule has 2 fully saturated rings. The van der Waals surface area contributed by atoms with Gasteiger partial charge in [-0.1, -0.05) is 12.1 Å². The third kappa shape index (κ3) is 4.83. The van der Waals surface area contributed by atoms with Gasteiger partial charge in [-0.25, -0.2) is 19.3 Å². The van der Waals surface area contributed by atoms with Gasteiger partial charge < -0.3 is 19.1 Å². The molecule has 11 heteroatoms. The largest absolute Gasteiger partial charge is 0.497 e. The fourth-order valence-electron chi connectivity index (χ4n) is 4.29. The summed E-state index contributed by atoms with van der Waals surface area (Å²) < 4.78 is 43.4. The number of piperazine rings is 1. The van der Waals surface area contributed by atoms with Gasteiger partial charge in [0.1, 0.15) is 11.8 Å². The third-order valence-corrected chi connectivity index (χ3v) is 8.14. The maximum Gasteiger partial charge on any atom is 0.243 e. The van der Waals surface area contributed by atoms with E-state index in [1.54, 1.807) is 18.1 Å². The SMILES string of the molecule is COc1cccc(C2CC(C(=O)N3CCN(S(=O)(=O)c4ccc(OC)c(OC)c4)CC3)NN2)c1. The van der Waals surface area contributed by atoms with Crippen LogP contribution < -0.4 is 25.1 Å². The van der Waals surface area contributed by atoms with E-state index in [9.17, 15) is 13.2 Å². The number of nitrogens with zero attached hydrogens (tertiary/aromatic N) is 2. The lowest BCUT2D eigenvalue weighted by Crippen LogP contribution is -2.54. The lowest BCUT2D eigenvalue weighted by Gasteiger charge is -2.35. The minimum absolute atomic E-state index is 0.0178. The van der Waals surface area contributed by atoms with Crippen LogP contribution in [0.3, 0.4) is 0 Å². The maximum absolute atomic E-state index is 13.1. The average molecular weight is 491 g/mol. The van der Waals surface area contributed by atoms with Crippen LogP contribution in [0.25, 0.3) is 0 Å². The van der Waals surface area contributed by atoms with E-state index in [0.29, 0.717) is 31.0 Å². The molecule has 2 atom stereocenters. The molecule has 1 amide bonds. The van der Waals surface area contributed by atoms with Crippen LogP contribution in [0.5, 0.6) is 17.2 Å². The zero-order chi connectivity index (χ0) is 24.3. The van der Waals surface area contributed by atoms with Crippen molar-refractivity contribution in [2.24, 2.45) is 0 Å². The molecule has 0 bridgehead atoms. The quantitative estimate of drug-likeness (QED) is 0.595. The number of hydrogen-bond donors (Lipinski definition) is 2. The Labute approximate surface area is 199 Å². The van der Waals surface area contributed by atoms with Crippen molar-refractivity contribution in [2.45, 2.75) is 23.4 Å². The van der Waals surface area contributed by atoms with Gasteiger partial charge in [0, 0.05) is 38.3 Å². The van der Waals surface area contributed by atoms with Gasteiger partial charge in [0.05, 0.1) is 26.2 Å². The molecule has 184 valence electrons. The van der Waals surface area contributed by atoms with E-state index >= 15 is 0 Å². The van der Waals surface area contributed by atoms with Crippen molar-refractivity contribution in [3.8, 4) is 17.2 Å². The number of hydrazine groups is 1. The highest BCUT2D eigenvalue weighted by atomic mass is 32.2. The molecule has 34 heavy (non-hydrogen) atoms. The Morgan fingerprint density at radius 1 is 0.912 bits per heavy atom. The topological polar surface area (TPSA) is 109 Å². The summed E-state index contributed by atoms with van der Waals surface area (Å²) in [4.78, 5) is 14.9. The van der Waals surface area contributed by atoms with E-state index in [0.717, 1.165) is 11.3 Å². The van der Waals surface area contributed by atoms with E-state index in [1.165, 1.54) is 30.7 Å². The van der Waals surface area contributed by atoms with E-state index in [2.05, 4.69) is 10.9 Å². The first-order valence-electron chi connectivity index (χ1n) is 11.0. The molecular weight excluding hydrogens is 460 g/mol. The van der Waals surface area contributed by atoms with Gasteiger partial charge in [-0.3, -0.25) is 4.79 Å². The van der Waals surface area contributed by atoms with Crippen LogP contribution in [-0.4, -0.2) is 77.1 Å². The highest BCUT2D eigenvalue weighted by molar-refractivity contribution is 7.89. The predicted octanol–water partition coefficient (Wildman–Crippen LogP) is 1.15. The Hall–Kier alpha value is -2.86. The first-order chi connectivity index (χ1) is 16.4. The van der Waals surface area contributed by atoms with E-state index in [1.807, 2.05) is 24.3 Å². The summed E-state index contributed by atoms with van der Waals surface area (Å²) in [5, 5.41) is 0. The summed E-state index contributed by atoms with van der Waals surface area (Å²) in [5.41, 5.74) is 7.31. The molecule has 0 radical (unpaired) electrons. The lowest BCUT2D eigenvalue weighted by molar-refractivity contribution is -0.134. The van der Waals surface area contributed by atoms with E-state index in [-0.39, 0.29) is 36.0 Å². The second-order valence-electron chi connectivity index (χ2n) is 8.15. The summed E-state index contributed by atoms with van der Waals surface area (Å²) in [7, 11) is 0.860. The average Bonchev–Trinajstić information content (AvgIpc) is 3.38. The molecule has 2 aromatic rings. The molecule has 0 spiro atoms. The Morgan fingerprint density at radius 2 is 1.65 bits per heavy atom. The van der Waals surface area contributed by atoms with Gasteiger partial charge in [0.15, 0.2) is 11.5 Å². The maximum atomic E-state index is 13.1. The molecule has 0 aliphatic carbocycles. The molecule has 10 nitrogen and oxygen atoms in total. The minimum Gasteiger partial charge on any atom is -0.497 e. The monoisotopic (exact) mass is 490 g/mol. The van der Waals surface area contributed by atoms with E-state index < -0.39 is 10.0 Å². The molecule has 0 saturated carbocycles. The van der Waals surface area contributed by atoms with Crippen LogP contribution in [0, 0.1) is 0 Å². The zero-order valence-corrected chi connectivity index (χ0v) is 20.3. The second kappa shape index (κ2) is 10.2. The molecular formula is C23H30N4O6S. The number of nitrogens with one attached hydrogen (secondary N) is 2. The molecule has 2 aliphatic rings. The first-order valence-corrected chi connectivity index (χ1v) is 12.5. The van der Waals surface area contributed by atoms with Crippen molar-refractivity contribution in [3.63, 3.8) is 0 Å². The van der Waals surface area contributed by atoms with Gasteiger partial charge in [-0.05, 0) is 36.2 Å². The summed E-state index contributed by atoms with van der Waals surface area (Å²) in [6, 6.07) is 11.9. The fraction of sp³-hybridized carbons (Fsp3) is 0.435. The molecule has 4 rings (SSSR count). The molecule has 2 aliphatic heterocycles. The first kappa shape index (κ1) is 24.3. The zero-order valence-electron chi connectivity index (χ0n) is 19.5. The number of carbonyl (C=O) groups excluding carboxylic acids is 1. The van der Waals surface area contributed by atoms with Crippen molar-refractivity contribution in [3.05, 3.63) is 48.0 Å². The number of hydrogen-bond acceptors (Lipinski definition) is 8. The Bertz CT molecular complexity index is 1130. The minimum atomic E-state index is -3.72.